The lowest BCUT2D eigenvalue weighted by atomic mass is 9.97. The van der Waals surface area contributed by atoms with Crippen LogP contribution in [0.25, 0.3) is 0 Å². The third-order valence-corrected chi connectivity index (χ3v) is 32.0. The Kier molecular flexibility index (Phi) is 104. The summed E-state index contributed by atoms with van der Waals surface area (Å²) in [6, 6.07) is 0. The fourth-order valence-electron chi connectivity index (χ4n) is 22.2. The predicted molar refractivity (Wildman–Crippen MR) is 590 cm³/mol. The molecule has 0 saturated carbocycles. The minimum atomic E-state index is -2.31. The van der Waals surface area contributed by atoms with Crippen molar-refractivity contribution in [1.82, 2.24) is 0 Å². The van der Waals surface area contributed by atoms with Crippen LogP contribution in [0.1, 0.15) is 518 Å². The average molecular weight is 1970 g/mol. The largest absolute Gasteiger partial charge is 0.881 e. The molecule has 0 aromatic carbocycles. The summed E-state index contributed by atoms with van der Waals surface area (Å²) >= 11 is 0. The van der Waals surface area contributed by atoms with Gasteiger partial charge in [-0.2, -0.15) is 0 Å². The van der Waals surface area contributed by atoms with Gasteiger partial charge in [-0.25, -0.2) is 21.0 Å². The molecular weight excluding hydrogens is 1730 g/mol. The predicted octanol–water partition coefficient (Wildman–Crippen LogP) is 20.9. The van der Waals surface area contributed by atoms with E-state index in [-0.39, 0.29) is 0 Å². The zero-order chi connectivity index (χ0) is 105. The number of rotatable bonds is 56. The van der Waals surface area contributed by atoms with Crippen molar-refractivity contribution >= 4 is 28.5 Å². The summed E-state index contributed by atoms with van der Waals surface area (Å²) in [5.41, 5.74) is 0. The van der Waals surface area contributed by atoms with Gasteiger partial charge in [0.1, 0.15) is 0 Å². The smallest absolute Gasteiger partial charge is 0.0784 e. The fraction of sp³-hybridized carbons (Fsp3) is 0.966. The van der Waals surface area contributed by atoms with Crippen molar-refractivity contribution < 1.29 is 76.1 Å². The van der Waals surface area contributed by atoms with Gasteiger partial charge in [-0.3, -0.25) is 0 Å². The molecule has 0 aromatic heterocycles. The zero-order valence-corrected chi connectivity index (χ0v) is 96.8. The van der Waals surface area contributed by atoms with Crippen LogP contribution in [0.2, 0.25) is 0 Å². The molecule has 0 unspecified atom stereocenters. The third kappa shape index (κ3) is 98.9. The van der Waals surface area contributed by atoms with Crippen molar-refractivity contribution in [2.75, 3.05) is 213 Å². The summed E-state index contributed by atoms with van der Waals surface area (Å²) in [6.45, 7) is 52.9. The zero-order valence-electron chi connectivity index (χ0n) is 96.8. The number of quaternary nitrogens is 8. The topological polar surface area (TPSA) is 280 Å². The minimum Gasteiger partial charge on any atom is -0.881 e. The highest BCUT2D eigenvalue weighted by molar-refractivity contribution is 6.47. The molecule has 0 bridgehead atoms. The summed E-state index contributed by atoms with van der Waals surface area (Å²) < 4.78 is 11.0. The second-order valence-electron chi connectivity index (χ2n) is 46.8. The van der Waals surface area contributed by atoms with Crippen molar-refractivity contribution in [1.29, 1.82) is 21.0 Å². The number of likely N-dealkylation sites (tertiary alicyclic amines) is 8. The number of nitrogens with zero attached hydrogens (tertiary/aromatic N) is 12. The van der Waals surface area contributed by atoms with Gasteiger partial charge in [-0.1, -0.05) is 261 Å². The first-order valence-corrected chi connectivity index (χ1v) is 60.8. The van der Waals surface area contributed by atoms with Crippen LogP contribution in [0.4, 0.5) is 0 Å². The van der Waals surface area contributed by atoms with Crippen molar-refractivity contribution in [2.24, 2.45) is 0 Å². The molecule has 824 valence electrons. The van der Waals surface area contributed by atoms with Gasteiger partial charge >= 0.3 is 0 Å². The number of nitriles is 4. The Morgan fingerprint density at radius 1 is 0.143 bits per heavy atom. The van der Waals surface area contributed by atoms with E-state index in [9.17, 15) is 0 Å². The van der Waals surface area contributed by atoms with Gasteiger partial charge in [0.2, 0.25) is 0 Å². The molecule has 24 heteroatoms. The van der Waals surface area contributed by atoms with Crippen LogP contribution in [0.3, 0.4) is 0 Å². The van der Waals surface area contributed by atoms with Gasteiger partial charge in [0.25, 0.3) is 0 Å². The quantitative estimate of drug-likeness (QED) is 0.0312. The lowest BCUT2D eigenvalue weighted by molar-refractivity contribution is -0.914. The monoisotopic (exact) mass is 1970 g/mol. The van der Waals surface area contributed by atoms with E-state index in [0.29, 0.717) is 0 Å². The van der Waals surface area contributed by atoms with Gasteiger partial charge < -0.3 is 76.1 Å². The lowest BCUT2D eigenvalue weighted by Crippen LogP contribution is -2.48. The maximum atomic E-state index is 8.98. The molecule has 8 heterocycles. The summed E-state index contributed by atoms with van der Waals surface area (Å²) in [6.07, 6.45) is 104. The molecule has 8 aliphatic rings. The highest BCUT2D eigenvalue weighted by Crippen LogP contribution is 2.27. The number of unbranched alkanes of at least 4 members (excludes halogenated alkanes) is 40. The van der Waals surface area contributed by atoms with Gasteiger partial charge in [0, 0.05) is 28.5 Å². The molecule has 8 fully saturated rings. The normalized spacial score (nSPS) is 18.3. The number of piperidine rings is 8. The van der Waals surface area contributed by atoms with E-state index in [1.165, 1.54) is 655 Å². The molecule has 20 nitrogen and oxygen atoms in total. The Hall–Kier alpha value is -2.42. The highest BCUT2D eigenvalue weighted by Gasteiger charge is 2.31. The molecule has 0 spiro atoms. The van der Waals surface area contributed by atoms with Crippen molar-refractivity contribution in [2.45, 2.75) is 518 Å². The Bertz CT molecular complexity index is 2210. The molecule has 8 rings (SSSR count). The van der Waals surface area contributed by atoms with Crippen LogP contribution in [0, 0.1) is 44.9 Å². The second kappa shape index (κ2) is 101. The summed E-state index contributed by atoms with van der Waals surface area (Å²) in [7, 11) is 10.5. The van der Waals surface area contributed by atoms with E-state index in [2.05, 4.69) is 112 Å². The van der Waals surface area contributed by atoms with Crippen LogP contribution < -0.4 is 40.2 Å². The summed E-state index contributed by atoms with van der Waals surface area (Å²) in [5, 5.41) is 101. The van der Waals surface area contributed by atoms with Gasteiger partial charge in [-0.05, 0) is 281 Å². The molecule has 0 amide bonds. The fourth-order valence-corrected chi connectivity index (χ4v) is 22.2. The molecular formula is C116H240B4N12O8. The van der Waals surface area contributed by atoms with Crippen LogP contribution in [0.5, 0.6) is 0 Å². The number of hydrogen-bond donors (Lipinski definition) is 0. The first-order valence-electron chi connectivity index (χ1n) is 60.8. The van der Waals surface area contributed by atoms with E-state index in [0.717, 1.165) is 23.9 Å². The minimum absolute atomic E-state index is 0.917. The first kappa shape index (κ1) is 144. The SMILES string of the molecule is CCCCCCCC[N+]1(C)CCCCC1.CCCCCCCC[N+]1(C)CCCCC1.CCCCCCCC[N+]1(C)CCCCC1.CCCCCCCC[N+]1(C)CCCCC1.CCCCCCCC[N+]1(C)CCCCC1.CCCCCCCC[N+]1(C)CCCCC1.CCCCCCCC[N+]1(C)CCCCC1.CCCCCCCC[N+]1(C)CCCCC1.N#CB([O-])[O-].N#CB([O-])[O-].N#CB([O-])[O-].N#CB([O-])[O-]. The van der Waals surface area contributed by atoms with E-state index in [1.54, 1.807) is 0 Å². The number of hydrogen-bond acceptors (Lipinski definition) is 12. The summed E-state index contributed by atoms with van der Waals surface area (Å²) in [4.78, 5) is 0. The van der Waals surface area contributed by atoms with Gasteiger partial charge in [0.05, 0.1) is 213 Å². The maximum Gasteiger partial charge on any atom is 0.0784 e. The molecule has 140 heavy (non-hydrogen) atoms. The highest BCUT2D eigenvalue weighted by atomic mass is 16.4. The van der Waals surface area contributed by atoms with E-state index in [4.69, 9.17) is 61.2 Å². The van der Waals surface area contributed by atoms with Crippen LogP contribution in [-0.2, 0) is 0 Å². The van der Waals surface area contributed by atoms with Crippen LogP contribution in [-0.4, -0.2) is 278 Å². The third-order valence-electron chi connectivity index (χ3n) is 32.0. The summed E-state index contributed by atoms with van der Waals surface area (Å²) in [5.74, 6) is 3.67. The molecule has 0 aromatic rings. The van der Waals surface area contributed by atoms with Crippen LogP contribution in [0.15, 0.2) is 0 Å². The maximum absolute atomic E-state index is 8.98. The molecule has 0 atom stereocenters. The van der Waals surface area contributed by atoms with Crippen molar-refractivity contribution in [3.05, 3.63) is 0 Å². The van der Waals surface area contributed by atoms with Crippen LogP contribution >= 0.6 is 0 Å². The Morgan fingerprint density at radius 2 is 0.214 bits per heavy atom. The average Bonchev–Trinajstić information content (AvgIpc) is 0.926. The Morgan fingerprint density at radius 3 is 0.286 bits per heavy atom. The van der Waals surface area contributed by atoms with E-state index < -0.39 is 28.5 Å². The molecule has 0 aliphatic carbocycles. The Balaban J connectivity index is -0.000000733. The molecule has 0 N–H and O–H groups in total. The van der Waals surface area contributed by atoms with Gasteiger partial charge in [0.15, 0.2) is 0 Å². The van der Waals surface area contributed by atoms with E-state index in [1.807, 2.05) is 0 Å². The van der Waals surface area contributed by atoms with E-state index >= 15 is 0 Å². The standard InChI is InChI=1S/8C14H30N.4CBNO2/c8*1-3-4-5-6-7-9-12-15(2)13-10-8-11-14-15;4*3-1-2(4)5/h8*3-14H2,1-2H3;;;;/q8*+1;4*-2. The lowest BCUT2D eigenvalue weighted by Gasteiger charge is -2.37. The molecule has 8 saturated heterocycles. The Labute approximate surface area is 875 Å². The second-order valence-corrected chi connectivity index (χ2v) is 46.8. The molecule has 8 aliphatic heterocycles. The van der Waals surface area contributed by atoms with Crippen molar-refractivity contribution in [3.8, 4) is 23.9 Å². The molecule has 0 radical (unpaired) electrons. The first-order chi connectivity index (χ1) is 67.2. The van der Waals surface area contributed by atoms with Crippen molar-refractivity contribution in [3.63, 3.8) is 0 Å². The van der Waals surface area contributed by atoms with Gasteiger partial charge in [-0.15, -0.1) is 0 Å².